The lowest BCUT2D eigenvalue weighted by Crippen LogP contribution is -2.08. The van der Waals surface area contributed by atoms with Crippen molar-refractivity contribution in [3.05, 3.63) is 11.8 Å². The minimum absolute atomic E-state index is 0.890. The number of nitrogens with zero attached hydrogens (tertiary/aromatic N) is 2. The molecule has 0 aromatic carbocycles. The van der Waals surface area contributed by atoms with Gasteiger partial charge in [0, 0.05) is 19.5 Å². The lowest BCUT2D eigenvalue weighted by molar-refractivity contribution is 0.421. The summed E-state index contributed by atoms with van der Waals surface area (Å²) >= 11 is 0. The predicted octanol–water partition coefficient (Wildman–Crippen LogP) is 2.24. The van der Waals surface area contributed by atoms with E-state index in [2.05, 4.69) is 25.7 Å². The molecule has 58 valence electrons. The number of hydrogen-bond donors (Lipinski definition) is 0. The van der Waals surface area contributed by atoms with Crippen LogP contribution in [0.15, 0.2) is 16.9 Å². The van der Waals surface area contributed by atoms with Gasteiger partial charge in [-0.2, -0.15) is 5.10 Å². The predicted molar refractivity (Wildman–Crippen MR) is 46.0 cm³/mol. The van der Waals surface area contributed by atoms with Crippen LogP contribution in [0.2, 0.25) is 0 Å². The topological polar surface area (TPSA) is 15.6 Å². The van der Waals surface area contributed by atoms with Crippen LogP contribution in [0.25, 0.3) is 0 Å². The van der Waals surface area contributed by atoms with Crippen molar-refractivity contribution in [3.8, 4) is 0 Å². The number of hydrogen-bond acceptors (Lipinski definition) is 2. The maximum atomic E-state index is 3.80. The van der Waals surface area contributed by atoms with Crippen molar-refractivity contribution in [2.24, 2.45) is 5.10 Å². The van der Waals surface area contributed by atoms with Crippen LogP contribution in [0, 0.1) is 0 Å². The second kappa shape index (κ2) is 5.03. The highest BCUT2D eigenvalue weighted by Gasteiger charge is 1.89. The Kier molecular flexibility index (Phi) is 4.63. The van der Waals surface area contributed by atoms with Crippen molar-refractivity contribution < 1.29 is 0 Å². The minimum atomic E-state index is 0.890. The van der Waals surface area contributed by atoms with Crippen LogP contribution in [0.5, 0.6) is 0 Å². The summed E-state index contributed by atoms with van der Waals surface area (Å²) in [6.45, 7) is 10.6. The van der Waals surface area contributed by atoms with Crippen LogP contribution in [0.3, 0.4) is 0 Å². The summed E-state index contributed by atoms with van der Waals surface area (Å²) in [6, 6.07) is 0. The van der Waals surface area contributed by atoms with Crippen LogP contribution in [-0.4, -0.2) is 18.3 Å². The van der Waals surface area contributed by atoms with E-state index in [4.69, 9.17) is 0 Å². The third-order valence-corrected chi connectivity index (χ3v) is 1.43. The van der Waals surface area contributed by atoms with Gasteiger partial charge in [0.1, 0.15) is 0 Å². The molecule has 0 aromatic rings. The average Bonchev–Trinajstić information content (AvgIpc) is 1.99. The molecule has 0 atom stereocenters. The molecule has 2 heteroatoms. The van der Waals surface area contributed by atoms with Gasteiger partial charge in [-0.1, -0.05) is 12.5 Å². The highest BCUT2D eigenvalue weighted by molar-refractivity contribution is 5.23. The van der Waals surface area contributed by atoms with Gasteiger partial charge in [0.2, 0.25) is 0 Å². The molecule has 0 N–H and O–H groups in total. The zero-order valence-corrected chi connectivity index (χ0v) is 7.09. The Balaban J connectivity index is 3.92. The molecule has 0 unspecified atom stereocenters. The molecule has 0 saturated heterocycles. The van der Waals surface area contributed by atoms with E-state index in [1.807, 2.05) is 18.1 Å². The molecule has 10 heavy (non-hydrogen) atoms. The largest absolute Gasteiger partial charge is 0.274 e. The lowest BCUT2D eigenvalue weighted by Gasteiger charge is -2.10. The number of allylic oxidation sites excluding steroid dienone is 1. The van der Waals surface area contributed by atoms with Gasteiger partial charge in [-0.15, -0.1) is 0 Å². The molecule has 0 radical (unpaired) electrons. The third-order valence-electron chi connectivity index (χ3n) is 1.43. The Morgan fingerprint density at radius 1 is 1.60 bits per heavy atom. The molecule has 2 nitrogen and oxygen atoms in total. The zero-order valence-electron chi connectivity index (χ0n) is 7.09. The van der Waals surface area contributed by atoms with E-state index >= 15 is 0 Å². The van der Waals surface area contributed by atoms with Crippen molar-refractivity contribution >= 4 is 6.72 Å². The highest BCUT2D eigenvalue weighted by Crippen LogP contribution is 2.00. The quantitative estimate of drug-likeness (QED) is 0.432. The zero-order chi connectivity index (χ0) is 7.98. The smallest absolute Gasteiger partial charge is 0.0380 e. The first kappa shape index (κ1) is 9.21. The Bertz CT molecular complexity index is 127. The fraction of sp³-hybridized carbons (Fsp3) is 0.625. The number of hydrazone groups is 1. The molecule has 0 aliphatic heterocycles. The van der Waals surface area contributed by atoms with Gasteiger partial charge in [-0.25, -0.2) is 0 Å². The van der Waals surface area contributed by atoms with Gasteiger partial charge >= 0.3 is 0 Å². The highest BCUT2D eigenvalue weighted by atomic mass is 15.4. The molecule has 0 rings (SSSR count). The Morgan fingerprint density at radius 3 is 2.50 bits per heavy atom. The summed E-state index contributed by atoms with van der Waals surface area (Å²) < 4.78 is 0. The summed E-state index contributed by atoms with van der Waals surface area (Å²) in [4.78, 5) is 0. The SMILES string of the molecule is C=NN(C=C(C)CC)CC. The second-order valence-corrected chi connectivity index (χ2v) is 2.23. The lowest BCUT2D eigenvalue weighted by atomic mass is 10.2. The van der Waals surface area contributed by atoms with Crippen LogP contribution < -0.4 is 0 Å². The van der Waals surface area contributed by atoms with Gasteiger partial charge in [0.05, 0.1) is 0 Å². The fourth-order valence-electron chi connectivity index (χ4n) is 0.578. The summed E-state index contributed by atoms with van der Waals surface area (Å²) in [7, 11) is 0. The molecule has 0 spiro atoms. The van der Waals surface area contributed by atoms with Crippen LogP contribution in [-0.2, 0) is 0 Å². The standard InChI is InChI=1S/C8H16N2/c1-5-8(3)7-10(6-2)9-4/h7H,4-6H2,1-3H3. The number of rotatable bonds is 4. The van der Waals surface area contributed by atoms with Gasteiger partial charge in [0.15, 0.2) is 0 Å². The maximum absolute atomic E-state index is 3.80. The summed E-state index contributed by atoms with van der Waals surface area (Å²) in [5, 5.41) is 5.63. The molecule has 0 aliphatic rings. The first-order chi connectivity index (χ1) is 4.74. The van der Waals surface area contributed by atoms with E-state index in [9.17, 15) is 0 Å². The summed E-state index contributed by atoms with van der Waals surface area (Å²) in [5.41, 5.74) is 1.33. The van der Waals surface area contributed by atoms with Crippen LogP contribution >= 0.6 is 0 Å². The van der Waals surface area contributed by atoms with Crippen molar-refractivity contribution in [1.82, 2.24) is 5.01 Å². The normalized spacial score (nSPS) is 11.3. The second-order valence-electron chi connectivity index (χ2n) is 2.23. The molecule has 0 fully saturated rings. The van der Waals surface area contributed by atoms with Gasteiger partial charge in [-0.05, 0) is 20.3 Å². The van der Waals surface area contributed by atoms with E-state index < -0.39 is 0 Å². The van der Waals surface area contributed by atoms with Gasteiger partial charge < -0.3 is 0 Å². The fourth-order valence-corrected chi connectivity index (χ4v) is 0.578. The average molecular weight is 140 g/mol. The van der Waals surface area contributed by atoms with Crippen molar-refractivity contribution in [2.45, 2.75) is 27.2 Å². The third kappa shape index (κ3) is 3.28. The van der Waals surface area contributed by atoms with Crippen LogP contribution in [0.1, 0.15) is 27.2 Å². The first-order valence-corrected chi connectivity index (χ1v) is 3.65. The van der Waals surface area contributed by atoms with Crippen LogP contribution in [0.4, 0.5) is 0 Å². The van der Waals surface area contributed by atoms with Gasteiger partial charge in [0.25, 0.3) is 0 Å². The molecular weight excluding hydrogens is 124 g/mol. The van der Waals surface area contributed by atoms with E-state index in [0.29, 0.717) is 0 Å². The molecule has 0 bridgehead atoms. The monoisotopic (exact) mass is 140 g/mol. The van der Waals surface area contributed by atoms with E-state index in [0.717, 1.165) is 13.0 Å². The van der Waals surface area contributed by atoms with E-state index in [1.165, 1.54) is 5.57 Å². The maximum Gasteiger partial charge on any atom is 0.0380 e. The molecule has 0 amide bonds. The van der Waals surface area contributed by atoms with Crippen molar-refractivity contribution in [3.63, 3.8) is 0 Å². The molecular formula is C8H16N2. The molecule has 0 aromatic heterocycles. The van der Waals surface area contributed by atoms with E-state index in [-0.39, 0.29) is 0 Å². The van der Waals surface area contributed by atoms with E-state index in [1.54, 1.807) is 0 Å². The van der Waals surface area contributed by atoms with Crippen molar-refractivity contribution in [2.75, 3.05) is 6.54 Å². The first-order valence-electron chi connectivity index (χ1n) is 3.65. The minimum Gasteiger partial charge on any atom is -0.274 e. The van der Waals surface area contributed by atoms with Crippen molar-refractivity contribution in [1.29, 1.82) is 0 Å². The Morgan fingerprint density at radius 2 is 2.20 bits per heavy atom. The summed E-state index contributed by atoms with van der Waals surface area (Å²) in [5.74, 6) is 0. The Labute approximate surface area is 63.2 Å². The Hall–Kier alpha value is -0.790. The molecule has 0 aliphatic carbocycles. The molecule has 0 saturated carbocycles. The van der Waals surface area contributed by atoms with Gasteiger partial charge in [-0.3, -0.25) is 5.01 Å². The summed E-state index contributed by atoms with van der Waals surface area (Å²) in [6.07, 6.45) is 3.10. The molecule has 0 heterocycles.